The lowest BCUT2D eigenvalue weighted by molar-refractivity contribution is -0.163. The third-order valence-electron chi connectivity index (χ3n) is 10.8. The molecule has 2 amide bonds. The number of nitrogens with one attached hydrogen (secondary N) is 1. The van der Waals surface area contributed by atoms with E-state index >= 15 is 4.39 Å². The summed E-state index contributed by atoms with van der Waals surface area (Å²) in [6.07, 6.45) is 0.417. The summed E-state index contributed by atoms with van der Waals surface area (Å²) in [6, 6.07) is 10.6. The fourth-order valence-corrected chi connectivity index (χ4v) is 7.81. The number of rotatable bonds is 12. The molecule has 350 valence electrons. The largest absolute Gasteiger partial charge is 0.459 e. The van der Waals surface area contributed by atoms with Crippen LogP contribution in [0, 0.1) is 5.82 Å². The SMILES string of the molecule is CC(C)(C)OC(=O)CN1CCN(CC(=O)OC(C)(C)C)CCN(C(CCC(=O)N2CCN(C(=O)c3cc(Cc4n[nH]c(=O)c5ccccc45)ccc3F)CC2)C(=O)OC(C)(C)C)CC1. The number of hydrogen-bond acceptors (Lipinski definition) is 13. The molecule has 2 aliphatic rings. The van der Waals surface area contributed by atoms with Gasteiger partial charge in [0.2, 0.25) is 5.91 Å². The normalized spacial score (nSPS) is 17.0. The predicted molar refractivity (Wildman–Crippen MR) is 239 cm³/mol. The molecule has 0 radical (unpaired) electrons. The number of halogens is 1. The first kappa shape index (κ1) is 49.8. The maximum atomic E-state index is 15.2. The lowest BCUT2D eigenvalue weighted by Gasteiger charge is -2.36. The Bertz CT molecular complexity index is 2160. The van der Waals surface area contributed by atoms with Gasteiger partial charge < -0.3 is 24.0 Å². The molecule has 2 fully saturated rings. The number of ether oxygens (including phenoxy) is 3. The van der Waals surface area contributed by atoms with Gasteiger partial charge in [0.25, 0.3) is 11.5 Å². The number of carbonyl (C=O) groups excluding carboxylic acids is 5. The average molecular weight is 892 g/mol. The van der Waals surface area contributed by atoms with Crippen LogP contribution in [0.2, 0.25) is 0 Å². The molecule has 3 aromatic rings. The minimum atomic E-state index is -0.824. The second-order valence-electron chi connectivity index (χ2n) is 19.6. The van der Waals surface area contributed by atoms with Gasteiger partial charge in [-0.15, -0.1) is 0 Å². The molecular weight excluding hydrogens is 826 g/mol. The topological polar surface area (TPSA) is 175 Å². The van der Waals surface area contributed by atoms with Gasteiger partial charge in [0, 0.05) is 83.7 Å². The number of hydrogen-bond donors (Lipinski definition) is 1. The Morgan fingerprint density at radius 1 is 0.688 bits per heavy atom. The van der Waals surface area contributed by atoms with Crippen LogP contribution >= 0.6 is 0 Å². The van der Waals surface area contributed by atoms with Crippen LogP contribution in [-0.4, -0.2) is 166 Å². The molecule has 0 bridgehead atoms. The molecule has 2 saturated heterocycles. The van der Waals surface area contributed by atoms with E-state index in [1.807, 2.05) is 20.8 Å². The average Bonchev–Trinajstić information content (AvgIpc) is 3.28. The highest BCUT2D eigenvalue weighted by Gasteiger charge is 2.34. The molecule has 17 heteroatoms. The molecule has 0 spiro atoms. The van der Waals surface area contributed by atoms with Gasteiger partial charge in [-0.3, -0.25) is 43.5 Å². The summed E-state index contributed by atoms with van der Waals surface area (Å²) in [5.41, 5.74) is -1.33. The number of esters is 3. The maximum absolute atomic E-state index is 15.2. The van der Waals surface area contributed by atoms with Gasteiger partial charge >= 0.3 is 17.9 Å². The van der Waals surface area contributed by atoms with Crippen molar-refractivity contribution >= 4 is 40.5 Å². The highest BCUT2D eigenvalue weighted by Crippen LogP contribution is 2.22. The van der Waals surface area contributed by atoms with E-state index < -0.39 is 40.5 Å². The second kappa shape index (κ2) is 21.2. The number of aromatic amines is 1. The van der Waals surface area contributed by atoms with Crippen molar-refractivity contribution in [3.8, 4) is 0 Å². The standard InChI is InChI=1S/C47H66FN7O9/c1-45(2,3)62-40(57)30-51-18-19-52(31-41(58)63-46(4,5)6)21-23-53(22-20-51)38(44(61)64-47(7,8)9)16-17-39(56)54-24-26-55(27-25-54)43(60)35-28-32(14-15-36(35)48)29-37-33-12-10-11-13-34(33)42(59)50-49-37/h10-15,28,38H,16-27,29-31H2,1-9H3,(H,50,59). The van der Waals surface area contributed by atoms with E-state index in [4.69, 9.17) is 14.2 Å². The molecule has 1 atom stereocenters. The molecule has 1 aromatic heterocycles. The van der Waals surface area contributed by atoms with Crippen molar-refractivity contribution in [2.75, 3.05) is 78.5 Å². The van der Waals surface area contributed by atoms with Crippen molar-refractivity contribution in [3.63, 3.8) is 0 Å². The molecule has 0 saturated carbocycles. The molecule has 2 aliphatic heterocycles. The Kier molecular flexibility index (Phi) is 16.4. The molecule has 2 aromatic carbocycles. The van der Waals surface area contributed by atoms with E-state index in [0.29, 0.717) is 61.3 Å². The molecular formula is C47H66FN7O9. The lowest BCUT2D eigenvalue weighted by Crippen LogP contribution is -2.52. The third-order valence-corrected chi connectivity index (χ3v) is 10.8. The Labute approximate surface area is 375 Å². The summed E-state index contributed by atoms with van der Waals surface area (Å²) >= 11 is 0. The van der Waals surface area contributed by atoms with Crippen LogP contribution in [0.5, 0.6) is 0 Å². The predicted octanol–water partition coefficient (Wildman–Crippen LogP) is 4.03. The van der Waals surface area contributed by atoms with Crippen LogP contribution in [0.25, 0.3) is 10.8 Å². The Morgan fingerprint density at radius 3 is 1.75 bits per heavy atom. The molecule has 0 aliphatic carbocycles. The smallest absolute Gasteiger partial charge is 0.323 e. The quantitative estimate of drug-likeness (QED) is 0.204. The van der Waals surface area contributed by atoms with Crippen LogP contribution in [0.3, 0.4) is 0 Å². The minimum absolute atomic E-state index is 0.0131. The Hall–Kier alpha value is -5.26. The highest BCUT2D eigenvalue weighted by atomic mass is 19.1. The van der Waals surface area contributed by atoms with E-state index in [2.05, 4.69) is 10.2 Å². The van der Waals surface area contributed by atoms with Gasteiger partial charge in [-0.2, -0.15) is 5.10 Å². The van der Waals surface area contributed by atoms with E-state index in [-0.39, 0.29) is 87.5 Å². The van der Waals surface area contributed by atoms with E-state index in [0.717, 1.165) is 0 Å². The van der Waals surface area contributed by atoms with Gasteiger partial charge in [0.15, 0.2) is 0 Å². The van der Waals surface area contributed by atoms with Crippen LogP contribution in [0.1, 0.15) is 96.8 Å². The zero-order valence-corrected chi connectivity index (χ0v) is 39.0. The molecule has 64 heavy (non-hydrogen) atoms. The van der Waals surface area contributed by atoms with E-state index in [1.54, 1.807) is 91.5 Å². The van der Waals surface area contributed by atoms with Gasteiger partial charge in [-0.1, -0.05) is 24.3 Å². The first-order valence-electron chi connectivity index (χ1n) is 22.1. The minimum Gasteiger partial charge on any atom is -0.459 e. The molecule has 1 unspecified atom stereocenters. The number of carbonyl (C=O) groups is 5. The van der Waals surface area contributed by atoms with Crippen molar-refractivity contribution in [2.45, 2.75) is 104 Å². The summed E-state index contributed by atoms with van der Waals surface area (Å²) in [5, 5.41) is 7.88. The summed E-state index contributed by atoms with van der Waals surface area (Å²) in [4.78, 5) is 88.8. The van der Waals surface area contributed by atoms with Crippen LogP contribution in [0.15, 0.2) is 47.3 Å². The Morgan fingerprint density at radius 2 is 1.20 bits per heavy atom. The maximum Gasteiger partial charge on any atom is 0.323 e. The second-order valence-corrected chi connectivity index (χ2v) is 19.6. The first-order valence-corrected chi connectivity index (χ1v) is 22.1. The lowest BCUT2D eigenvalue weighted by atomic mass is 10.0. The van der Waals surface area contributed by atoms with Crippen molar-refractivity contribution in [1.29, 1.82) is 0 Å². The van der Waals surface area contributed by atoms with E-state index in [1.165, 1.54) is 17.0 Å². The number of amides is 2. The zero-order valence-electron chi connectivity index (χ0n) is 39.0. The van der Waals surface area contributed by atoms with Crippen molar-refractivity contribution < 1.29 is 42.6 Å². The monoisotopic (exact) mass is 891 g/mol. The first-order chi connectivity index (χ1) is 29.9. The Balaban J connectivity index is 1.25. The zero-order chi connectivity index (χ0) is 47.0. The molecule has 1 N–H and O–H groups in total. The number of piperazine rings is 1. The van der Waals surface area contributed by atoms with Gasteiger partial charge in [0.05, 0.1) is 29.7 Å². The highest BCUT2D eigenvalue weighted by molar-refractivity contribution is 5.95. The van der Waals surface area contributed by atoms with E-state index in [9.17, 15) is 28.8 Å². The number of H-pyrrole nitrogens is 1. The van der Waals surface area contributed by atoms with Gasteiger partial charge in [0.1, 0.15) is 28.7 Å². The number of aromatic nitrogens is 2. The number of benzene rings is 2. The number of fused-ring (bicyclic) bond motifs is 1. The third kappa shape index (κ3) is 14.9. The summed E-state index contributed by atoms with van der Waals surface area (Å²) < 4.78 is 32.4. The summed E-state index contributed by atoms with van der Waals surface area (Å²) in [5.74, 6) is -2.62. The summed E-state index contributed by atoms with van der Waals surface area (Å²) in [7, 11) is 0. The van der Waals surface area contributed by atoms with Crippen molar-refractivity contribution in [1.82, 2.24) is 34.7 Å². The fraction of sp³-hybridized carbons (Fsp3) is 0.596. The molecule has 16 nitrogen and oxygen atoms in total. The van der Waals surface area contributed by atoms with Crippen LogP contribution in [-0.2, 0) is 39.8 Å². The van der Waals surface area contributed by atoms with Gasteiger partial charge in [-0.05, 0) is 92.5 Å². The van der Waals surface area contributed by atoms with Crippen LogP contribution in [0.4, 0.5) is 4.39 Å². The van der Waals surface area contributed by atoms with Gasteiger partial charge in [-0.25, -0.2) is 9.49 Å². The summed E-state index contributed by atoms with van der Waals surface area (Å²) in [6.45, 7) is 19.5. The molecule has 3 heterocycles. The number of nitrogens with zero attached hydrogens (tertiary/aromatic N) is 6. The fourth-order valence-electron chi connectivity index (χ4n) is 7.81. The van der Waals surface area contributed by atoms with Crippen molar-refractivity contribution in [3.05, 3.63) is 75.5 Å². The molecule has 5 rings (SSSR count). The van der Waals surface area contributed by atoms with Crippen molar-refractivity contribution in [2.24, 2.45) is 0 Å². The van der Waals surface area contributed by atoms with Crippen LogP contribution < -0.4 is 5.56 Å².